The highest BCUT2D eigenvalue weighted by molar-refractivity contribution is 9.10. The fourth-order valence-corrected chi connectivity index (χ4v) is 2.45. The Hall–Kier alpha value is -1.01. The lowest BCUT2D eigenvalue weighted by atomic mass is 9.83. The van der Waals surface area contributed by atoms with Gasteiger partial charge in [-0.2, -0.15) is 5.26 Å². The molecular weight excluding hydrogens is 264 g/mol. The lowest BCUT2D eigenvalue weighted by Crippen LogP contribution is -2.15. The number of halogens is 1. The number of anilines is 1. The van der Waals surface area contributed by atoms with Crippen molar-refractivity contribution >= 4 is 21.6 Å². The molecule has 1 aliphatic rings. The van der Waals surface area contributed by atoms with Crippen molar-refractivity contribution in [3.63, 3.8) is 0 Å². The summed E-state index contributed by atoms with van der Waals surface area (Å²) in [6, 6.07) is 7.90. The van der Waals surface area contributed by atoms with Crippen LogP contribution in [-0.4, -0.2) is 6.54 Å². The van der Waals surface area contributed by atoms with Crippen LogP contribution >= 0.6 is 15.9 Å². The molecule has 0 atom stereocenters. The van der Waals surface area contributed by atoms with E-state index in [1.54, 1.807) is 0 Å². The SMILES string of the molecule is N#Cc1cc(Br)cc(NCCC2CCC2)c1. The Morgan fingerprint density at radius 2 is 2.19 bits per heavy atom. The maximum Gasteiger partial charge on any atom is 0.0992 e. The van der Waals surface area contributed by atoms with Crippen LogP contribution in [0, 0.1) is 17.2 Å². The second-order valence-corrected chi connectivity index (χ2v) is 5.27. The van der Waals surface area contributed by atoms with Gasteiger partial charge in [0, 0.05) is 16.7 Å². The van der Waals surface area contributed by atoms with Gasteiger partial charge in [0.2, 0.25) is 0 Å². The smallest absolute Gasteiger partial charge is 0.0992 e. The zero-order valence-electron chi connectivity index (χ0n) is 9.17. The lowest BCUT2D eigenvalue weighted by Gasteiger charge is -2.25. The molecule has 1 aromatic rings. The topological polar surface area (TPSA) is 35.8 Å². The van der Waals surface area contributed by atoms with Gasteiger partial charge in [-0.25, -0.2) is 0 Å². The van der Waals surface area contributed by atoms with Crippen LogP contribution in [0.1, 0.15) is 31.2 Å². The van der Waals surface area contributed by atoms with Crippen molar-refractivity contribution < 1.29 is 0 Å². The van der Waals surface area contributed by atoms with E-state index in [1.807, 2.05) is 18.2 Å². The fraction of sp³-hybridized carbons (Fsp3) is 0.462. The summed E-state index contributed by atoms with van der Waals surface area (Å²) >= 11 is 3.41. The molecule has 84 valence electrons. The molecule has 16 heavy (non-hydrogen) atoms. The zero-order chi connectivity index (χ0) is 11.4. The third-order valence-electron chi connectivity index (χ3n) is 3.13. The molecule has 1 saturated carbocycles. The number of nitrogens with zero attached hydrogens (tertiary/aromatic N) is 1. The largest absolute Gasteiger partial charge is 0.385 e. The van der Waals surface area contributed by atoms with E-state index < -0.39 is 0 Å². The maximum absolute atomic E-state index is 8.85. The van der Waals surface area contributed by atoms with E-state index in [1.165, 1.54) is 25.7 Å². The first-order valence-electron chi connectivity index (χ1n) is 5.72. The van der Waals surface area contributed by atoms with E-state index in [9.17, 15) is 0 Å². The van der Waals surface area contributed by atoms with Crippen LogP contribution in [0.15, 0.2) is 22.7 Å². The minimum Gasteiger partial charge on any atom is -0.385 e. The van der Waals surface area contributed by atoms with E-state index in [4.69, 9.17) is 5.26 Å². The number of benzene rings is 1. The number of hydrogen-bond donors (Lipinski definition) is 1. The Bertz CT molecular complexity index is 405. The summed E-state index contributed by atoms with van der Waals surface area (Å²) in [4.78, 5) is 0. The van der Waals surface area contributed by atoms with E-state index in [-0.39, 0.29) is 0 Å². The Labute approximate surface area is 105 Å². The number of nitrogens with one attached hydrogen (secondary N) is 1. The van der Waals surface area contributed by atoms with E-state index >= 15 is 0 Å². The highest BCUT2D eigenvalue weighted by Crippen LogP contribution is 2.29. The molecule has 1 N–H and O–H groups in total. The van der Waals surface area contributed by atoms with Crippen molar-refractivity contribution in [3.05, 3.63) is 28.2 Å². The van der Waals surface area contributed by atoms with Crippen molar-refractivity contribution in [1.82, 2.24) is 0 Å². The van der Waals surface area contributed by atoms with Gasteiger partial charge in [-0.15, -0.1) is 0 Å². The first-order chi connectivity index (χ1) is 7.78. The molecule has 0 heterocycles. The molecule has 0 bridgehead atoms. The predicted molar refractivity (Wildman–Crippen MR) is 69.3 cm³/mol. The van der Waals surface area contributed by atoms with Crippen molar-refractivity contribution in [3.8, 4) is 6.07 Å². The van der Waals surface area contributed by atoms with E-state index in [0.717, 1.165) is 22.6 Å². The van der Waals surface area contributed by atoms with Crippen LogP contribution in [-0.2, 0) is 0 Å². The summed E-state index contributed by atoms with van der Waals surface area (Å²) in [7, 11) is 0. The molecule has 2 nitrogen and oxygen atoms in total. The second kappa shape index (κ2) is 5.36. The molecule has 0 radical (unpaired) electrons. The normalized spacial score (nSPS) is 15.2. The van der Waals surface area contributed by atoms with Crippen LogP contribution in [0.25, 0.3) is 0 Å². The van der Waals surface area contributed by atoms with Crippen LogP contribution in [0.5, 0.6) is 0 Å². The van der Waals surface area contributed by atoms with Gasteiger partial charge in [-0.3, -0.25) is 0 Å². The van der Waals surface area contributed by atoms with Gasteiger partial charge in [-0.1, -0.05) is 35.2 Å². The molecule has 1 aromatic carbocycles. The molecule has 2 rings (SSSR count). The summed E-state index contributed by atoms with van der Waals surface area (Å²) < 4.78 is 0.956. The Morgan fingerprint density at radius 1 is 1.38 bits per heavy atom. The van der Waals surface area contributed by atoms with Gasteiger partial charge < -0.3 is 5.32 Å². The minimum absolute atomic E-state index is 0.695. The van der Waals surface area contributed by atoms with E-state index in [2.05, 4.69) is 27.3 Å². The predicted octanol–water partition coefficient (Wildman–Crippen LogP) is 3.92. The summed E-state index contributed by atoms with van der Waals surface area (Å²) in [5, 5.41) is 12.2. The molecule has 0 unspecified atom stereocenters. The highest BCUT2D eigenvalue weighted by Gasteiger charge is 2.16. The molecule has 3 heteroatoms. The van der Waals surface area contributed by atoms with Crippen molar-refractivity contribution in [2.45, 2.75) is 25.7 Å². The molecule has 0 amide bonds. The Morgan fingerprint density at radius 3 is 2.81 bits per heavy atom. The maximum atomic E-state index is 8.85. The van der Waals surface area contributed by atoms with Crippen LogP contribution in [0.2, 0.25) is 0 Å². The average Bonchev–Trinajstić information content (AvgIpc) is 2.21. The van der Waals surface area contributed by atoms with Gasteiger partial charge in [0.15, 0.2) is 0 Å². The first kappa shape index (κ1) is 11.5. The molecule has 0 saturated heterocycles. The average molecular weight is 279 g/mol. The first-order valence-corrected chi connectivity index (χ1v) is 6.52. The quantitative estimate of drug-likeness (QED) is 0.906. The van der Waals surface area contributed by atoms with Crippen molar-refractivity contribution in [2.24, 2.45) is 5.92 Å². The number of nitriles is 1. The molecule has 0 aromatic heterocycles. The number of hydrogen-bond acceptors (Lipinski definition) is 2. The van der Waals surface area contributed by atoms with Gasteiger partial charge in [0.1, 0.15) is 0 Å². The monoisotopic (exact) mass is 278 g/mol. The van der Waals surface area contributed by atoms with Gasteiger partial charge in [-0.05, 0) is 30.5 Å². The Kier molecular flexibility index (Phi) is 3.84. The third-order valence-corrected chi connectivity index (χ3v) is 3.59. The minimum atomic E-state index is 0.695. The van der Waals surface area contributed by atoms with E-state index in [0.29, 0.717) is 5.56 Å². The third kappa shape index (κ3) is 2.99. The summed E-state index contributed by atoms with van der Waals surface area (Å²) in [6.07, 6.45) is 5.43. The van der Waals surface area contributed by atoms with Crippen LogP contribution < -0.4 is 5.32 Å². The van der Waals surface area contributed by atoms with Gasteiger partial charge >= 0.3 is 0 Å². The fourth-order valence-electron chi connectivity index (χ4n) is 1.96. The number of rotatable bonds is 4. The van der Waals surface area contributed by atoms with Crippen molar-refractivity contribution in [1.29, 1.82) is 5.26 Å². The van der Waals surface area contributed by atoms with Gasteiger partial charge in [0.25, 0.3) is 0 Å². The van der Waals surface area contributed by atoms with Crippen LogP contribution in [0.3, 0.4) is 0 Å². The summed E-state index contributed by atoms with van der Waals surface area (Å²) in [5.41, 5.74) is 1.73. The van der Waals surface area contributed by atoms with Crippen LogP contribution in [0.4, 0.5) is 5.69 Å². The summed E-state index contributed by atoms with van der Waals surface area (Å²) in [6.45, 7) is 1.01. The lowest BCUT2D eigenvalue weighted by molar-refractivity contribution is 0.303. The standard InChI is InChI=1S/C13H15BrN2/c14-12-6-11(9-15)7-13(8-12)16-5-4-10-2-1-3-10/h6-8,10,16H,1-5H2. The highest BCUT2D eigenvalue weighted by atomic mass is 79.9. The second-order valence-electron chi connectivity index (χ2n) is 4.35. The molecule has 0 aliphatic heterocycles. The zero-order valence-corrected chi connectivity index (χ0v) is 10.8. The molecule has 0 spiro atoms. The Balaban J connectivity index is 1.88. The van der Waals surface area contributed by atoms with Crippen molar-refractivity contribution in [2.75, 3.05) is 11.9 Å². The molecular formula is C13H15BrN2. The summed E-state index contributed by atoms with van der Waals surface area (Å²) in [5.74, 6) is 0.926. The molecule has 1 aliphatic carbocycles. The van der Waals surface area contributed by atoms with Gasteiger partial charge in [0.05, 0.1) is 11.6 Å². The molecule has 1 fully saturated rings.